The topological polar surface area (TPSA) is 85.4 Å². The summed E-state index contributed by atoms with van der Waals surface area (Å²) in [5, 5.41) is 6.60. The Hall–Kier alpha value is -2.48. The van der Waals surface area contributed by atoms with Crippen molar-refractivity contribution < 1.29 is 14.3 Å². The average Bonchev–Trinajstić information content (AvgIpc) is 2.64. The van der Waals surface area contributed by atoms with E-state index in [4.69, 9.17) is 21.1 Å². The van der Waals surface area contributed by atoms with Crippen LogP contribution in [0.4, 0.5) is 5.69 Å². The summed E-state index contributed by atoms with van der Waals surface area (Å²) in [7, 11) is 0. The zero-order valence-corrected chi connectivity index (χ0v) is 16.8. The fourth-order valence-corrected chi connectivity index (χ4v) is 3.00. The first-order chi connectivity index (χ1) is 13.2. The smallest absolute Gasteiger partial charge is 0.253 e. The lowest BCUT2D eigenvalue weighted by atomic mass is 10.1. The van der Waals surface area contributed by atoms with Crippen molar-refractivity contribution in [2.45, 2.75) is 38.8 Å². The molecule has 0 spiro atoms. The summed E-state index contributed by atoms with van der Waals surface area (Å²) in [4.78, 5) is 20.7. The summed E-state index contributed by atoms with van der Waals surface area (Å²) in [6.07, 6.45) is 4.22. The van der Waals surface area contributed by atoms with E-state index >= 15 is 0 Å². The van der Waals surface area contributed by atoms with Crippen LogP contribution in [0.2, 0.25) is 5.15 Å². The van der Waals surface area contributed by atoms with Gasteiger partial charge in [0.05, 0.1) is 18.2 Å². The first-order valence-corrected chi connectivity index (χ1v) is 9.23. The van der Waals surface area contributed by atoms with Gasteiger partial charge in [-0.1, -0.05) is 18.2 Å². The second kappa shape index (κ2) is 8.26. The maximum atomic E-state index is 12.6. The van der Waals surface area contributed by atoms with E-state index in [0.29, 0.717) is 10.7 Å². The lowest BCUT2D eigenvalue weighted by Crippen LogP contribution is -2.58. The average molecular weight is 403 g/mol. The van der Waals surface area contributed by atoms with Crippen molar-refractivity contribution in [1.82, 2.24) is 15.3 Å². The van der Waals surface area contributed by atoms with Gasteiger partial charge in [-0.15, -0.1) is 0 Å². The minimum atomic E-state index is -0.812. The molecule has 2 N–H and O–H groups in total. The third kappa shape index (κ3) is 4.86. The van der Waals surface area contributed by atoms with Gasteiger partial charge in [-0.25, -0.2) is 4.98 Å². The number of pyridine rings is 2. The standard InChI is InChI=1S/C20H23ClN4O3/c1-12(2)14-10-23-17(21)8-15(14)25-19-16(11-27-20(3,4)28-19)24-18(26)13-6-5-7-22-9-13/h5-10,16,19H,1,11H2,2-4H3,(H,23,25)(H,24,26). The number of amides is 1. The van der Waals surface area contributed by atoms with Crippen LogP contribution in [-0.4, -0.2) is 40.5 Å². The Kier molecular flexibility index (Phi) is 5.98. The van der Waals surface area contributed by atoms with Gasteiger partial charge < -0.3 is 20.1 Å². The van der Waals surface area contributed by atoms with Crippen molar-refractivity contribution in [2.75, 3.05) is 11.9 Å². The molecule has 1 aliphatic heterocycles. The summed E-state index contributed by atoms with van der Waals surface area (Å²) in [6, 6.07) is 4.67. The minimum Gasteiger partial charge on any atom is -0.358 e. The fourth-order valence-electron chi connectivity index (χ4n) is 2.84. The second-order valence-corrected chi connectivity index (χ2v) is 7.44. The van der Waals surface area contributed by atoms with Crippen LogP contribution >= 0.6 is 11.6 Å². The Morgan fingerprint density at radius 1 is 1.39 bits per heavy atom. The lowest BCUT2D eigenvalue weighted by molar-refractivity contribution is -0.275. The molecule has 2 atom stereocenters. The number of anilines is 1. The highest BCUT2D eigenvalue weighted by Gasteiger charge is 2.38. The van der Waals surface area contributed by atoms with Crippen LogP contribution in [0.25, 0.3) is 5.57 Å². The number of ether oxygens (including phenoxy) is 2. The van der Waals surface area contributed by atoms with E-state index in [1.54, 1.807) is 30.6 Å². The largest absolute Gasteiger partial charge is 0.358 e. The van der Waals surface area contributed by atoms with Gasteiger partial charge in [0.25, 0.3) is 5.91 Å². The molecule has 28 heavy (non-hydrogen) atoms. The number of nitrogens with one attached hydrogen (secondary N) is 2. The first kappa shape index (κ1) is 20.3. The molecule has 0 bridgehead atoms. The molecular formula is C20H23ClN4O3. The van der Waals surface area contributed by atoms with Crippen LogP contribution in [0.15, 0.2) is 43.4 Å². The molecule has 0 aromatic carbocycles. The molecular weight excluding hydrogens is 380 g/mol. The van der Waals surface area contributed by atoms with Crippen molar-refractivity contribution in [3.05, 3.63) is 59.6 Å². The van der Waals surface area contributed by atoms with E-state index in [2.05, 4.69) is 27.2 Å². The van der Waals surface area contributed by atoms with E-state index in [1.807, 2.05) is 20.8 Å². The van der Waals surface area contributed by atoms with Gasteiger partial charge >= 0.3 is 0 Å². The number of carbonyl (C=O) groups is 1. The van der Waals surface area contributed by atoms with E-state index < -0.39 is 18.1 Å². The number of rotatable bonds is 5. The van der Waals surface area contributed by atoms with Crippen LogP contribution in [0, 0.1) is 0 Å². The highest BCUT2D eigenvalue weighted by molar-refractivity contribution is 6.29. The van der Waals surface area contributed by atoms with Crippen molar-refractivity contribution in [1.29, 1.82) is 0 Å². The SMILES string of the molecule is C=C(C)c1cnc(Cl)cc1NC1OC(C)(C)OCC1NC(=O)c1cccnc1. The van der Waals surface area contributed by atoms with Gasteiger partial charge in [-0.3, -0.25) is 9.78 Å². The predicted molar refractivity (Wildman–Crippen MR) is 108 cm³/mol. The molecule has 3 rings (SSSR count). The van der Waals surface area contributed by atoms with Crippen molar-refractivity contribution in [3.8, 4) is 0 Å². The summed E-state index contributed by atoms with van der Waals surface area (Å²) in [5.74, 6) is -1.07. The first-order valence-electron chi connectivity index (χ1n) is 8.86. The van der Waals surface area contributed by atoms with Crippen LogP contribution in [0.1, 0.15) is 36.7 Å². The van der Waals surface area contributed by atoms with Crippen molar-refractivity contribution in [3.63, 3.8) is 0 Å². The van der Waals surface area contributed by atoms with E-state index in [-0.39, 0.29) is 12.5 Å². The van der Waals surface area contributed by atoms with Crippen molar-refractivity contribution >= 4 is 28.8 Å². The van der Waals surface area contributed by atoms with Crippen LogP contribution in [0.5, 0.6) is 0 Å². The summed E-state index contributed by atoms with van der Waals surface area (Å²) in [5.41, 5.74) is 2.82. The van der Waals surface area contributed by atoms with Gasteiger partial charge in [0.1, 0.15) is 5.15 Å². The number of allylic oxidation sites excluding steroid dienone is 1. The molecule has 2 aromatic heterocycles. The zero-order valence-electron chi connectivity index (χ0n) is 16.0. The Labute approximate surface area is 169 Å². The Balaban J connectivity index is 1.84. The molecule has 3 heterocycles. The molecule has 8 heteroatoms. The van der Waals surface area contributed by atoms with E-state index in [9.17, 15) is 4.79 Å². The van der Waals surface area contributed by atoms with Crippen LogP contribution in [0.3, 0.4) is 0 Å². The summed E-state index contributed by atoms with van der Waals surface area (Å²) in [6.45, 7) is 9.78. The lowest BCUT2D eigenvalue weighted by Gasteiger charge is -2.42. The Morgan fingerprint density at radius 3 is 2.86 bits per heavy atom. The highest BCUT2D eigenvalue weighted by Crippen LogP contribution is 2.29. The second-order valence-electron chi connectivity index (χ2n) is 7.05. The van der Waals surface area contributed by atoms with Gasteiger partial charge in [0.2, 0.25) is 0 Å². The number of aromatic nitrogens is 2. The monoisotopic (exact) mass is 402 g/mol. The van der Waals surface area contributed by atoms with Crippen molar-refractivity contribution in [2.24, 2.45) is 0 Å². The highest BCUT2D eigenvalue weighted by atomic mass is 35.5. The maximum absolute atomic E-state index is 12.6. The predicted octanol–water partition coefficient (Wildman–Crippen LogP) is 3.48. The van der Waals surface area contributed by atoms with Crippen LogP contribution in [-0.2, 0) is 9.47 Å². The van der Waals surface area contributed by atoms with Gasteiger partial charge in [-0.2, -0.15) is 0 Å². The Morgan fingerprint density at radius 2 is 2.18 bits per heavy atom. The quantitative estimate of drug-likeness (QED) is 0.745. The number of halogens is 1. The molecule has 7 nitrogen and oxygen atoms in total. The van der Waals surface area contributed by atoms with Crippen LogP contribution < -0.4 is 10.6 Å². The molecule has 2 unspecified atom stereocenters. The summed E-state index contributed by atoms with van der Waals surface area (Å²) < 4.78 is 11.8. The molecule has 0 radical (unpaired) electrons. The molecule has 0 aliphatic carbocycles. The number of hydrogen-bond acceptors (Lipinski definition) is 6. The Bertz CT molecular complexity index is 873. The molecule has 1 aliphatic rings. The number of carbonyl (C=O) groups excluding carboxylic acids is 1. The molecule has 1 saturated heterocycles. The fraction of sp³-hybridized carbons (Fsp3) is 0.350. The summed E-state index contributed by atoms with van der Waals surface area (Å²) >= 11 is 6.07. The van der Waals surface area contributed by atoms with Gasteiger partial charge in [-0.05, 0) is 44.5 Å². The molecule has 0 saturated carbocycles. The number of hydrogen-bond donors (Lipinski definition) is 2. The number of nitrogens with zero attached hydrogens (tertiary/aromatic N) is 2. The molecule has 148 valence electrons. The third-order valence-electron chi connectivity index (χ3n) is 4.26. The maximum Gasteiger partial charge on any atom is 0.253 e. The molecule has 1 amide bonds. The van der Waals surface area contributed by atoms with E-state index in [1.165, 1.54) is 6.20 Å². The minimum absolute atomic E-state index is 0.260. The van der Waals surface area contributed by atoms with Gasteiger partial charge in [0, 0.05) is 29.8 Å². The van der Waals surface area contributed by atoms with E-state index in [0.717, 1.165) is 16.8 Å². The molecule has 1 fully saturated rings. The van der Waals surface area contributed by atoms with Gasteiger partial charge in [0.15, 0.2) is 12.0 Å². The normalized spacial score (nSPS) is 21.0. The third-order valence-corrected chi connectivity index (χ3v) is 4.46. The zero-order chi connectivity index (χ0) is 20.3. The molecule has 2 aromatic rings.